The van der Waals surface area contributed by atoms with Crippen molar-refractivity contribution in [2.75, 3.05) is 26.2 Å². The Morgan fingerprint density at radius 3 is 2.07 bits per heavy atom. The van der Waals surface area contributed by atoms with Crippen molar-refractivity contribution in [2.45, 2.75) is 6.17 Å². The molecule has 3 N–H and O–H groups in total. The molecule has 3 rings (SSSR count). The Hall–Kier alpha value is -3.33. The molecule has 2 aromatic rings. The van der Waals surface area contributed by atoms with Crippen LogP contribution in [0.25, 0.3) is 0 Å². The molecule has 3 amide bonds. The number of pyridine rings is 1. The predicted octanol–water partition coefficient (Wildman–Crippen LogP) is 0.220. The average molecular weight is 385 g/mol. The maximum Gasteiger partial charge on any atom is 0.263 e. The zero-order chi connectivity index (χ0) is 20.1. The number of benzene rings is 1. The molecule has 0 aliphatic carbocycles. The summed E-state index contributed by atoms with van der Waals surface area (Å²) < 4.78 is 13.2. The van der Waals surface area contributed by atoms with Crippen molar-refractivity contribution in [3.05, 3.63) is 65.7 Å². The summed E-state index contributed by atoms with van der Waals surface area (Å²) in [7, 11) is 0. The van der Waals surface area contributed by atoms with Gasteiger partial charge in [-0.3, -0.25) is 19.4 Å². The molecule has 2 heterocycles. The molecule has 1 saturated heterocycles. The van der Waals surface area contributed by atoms with Crippen molar-refractivity contribution in [1.29, 1.82) is 0 Å². The van der Waals surface area contributed by atoms with E-state index in [4.69, 9.17) is 5.73 Å². The third-order valence-electron chi connectivity index (χ3n) is 4.39. The van der Waals surface area contributed by atoms with Gasteiger partial charge in [0.05, 0.1) is 0 Å². The Labute approximate surface area is 161 Å². The molecule has 8 nitrogen and oxygen atoms in total. The highest BCUT2D eigenvalue weighted by molar-refractivity contribution is 6.02. The summed E-state index contributed by atoms with van der Waals surface area (Å²) >= 11 is 0. The molecule has 1 aliphatic heterocycles. The topological polar surface area (TPSA) is 109 Å². The van der Waals surface area contributed by atoms with E-state index in [9.17, 15) is 18.8 Å². The first kappa shape index (κ1) is 19.4. The second-order valence-electron chi connectivity index (χ2n) is 6.19. The lowest BCUT2D eigenvalue weighted by Crippen LogP contribution is -2.54. The highest BCUT2D eigenvalue weighted by atomic mass is 19.1. The molecule has 1 aromatic carbocycles. The lowest BCUT2D eigenvalue weighted by atomic mass is 10.2. The molecule has 28 heavy (non-hydrogen) atoms. The van der Waals surface area contributed by atoms with Crippen molar-refractivity contribution >= 4 is 17.7 Å². The first-order valence-electron chi connectivity index (χ1n) is 8.78. The lowest BCUT2D eigenvalue weighted by Gasteiger charge is -2.29. The SMILES string of the molecule is NCCNC(=O)C1N(C(=O)c2ccncc2)CCN1C(=O)c1ccc(F)cc1. The van der Waals surface area contributed by atoms with Crippen molar-refractivity contribution in [3.63, 3.8) is 0 Å². The van der Waals surface area contributed by atoms with Gasteiger partial charge in [-0.1, -0.05) is 0 Å². The molecule has 1 aliphatic rings. The van der Waals surface area contributed by atoms with Crippen LogP contribution < -0.4 is 11.1 Å². The number of nitrogens with zero attached hydrogens (tertiary/aromatic N) is 3. The van der Waals surface area contributed by atoms with Gasteiger partial charge in [0.2, 0.25) is 0 Å². The number of carbonyl (C=O) groups excluding carboxylic acids is 3. The highest BCUT2D eigenvalue weighted by Crippen LogP contribution is 2.21. The van der Waals surface area contributed by atoms with Crippen LogP contribution >= 0.6 is 0 Å². The van der Waals surface area contributed by atoms with Crippen molar-refractivity contribution in [1.82, 2.24) is 20.1 Å². The van der Waals surface area contributed by atoms with Crippen molar-refractivity contribution in [2.24, 2.45) is 5.73 Å². The van der Waals surface area contributed by atoms with Gasteiger partial charge in [0.1, 0.15) is 5.82 Å². The van der Waals surface area contributed by atoms with Gasteiger partial charge in [-0.05, 0) is 36.4 Å². The third kappa shape index (κ3) is 3.99. The third-order valence-corrected chi connectivity index (χ3v) is 4.39. The molecular weight excluding hydrogens is 365 g/mol. The summed E-state index contributed by atoms with van der Waals surface area (Å²) in [5.74, 6) is -1.81. The fourth-order valence-electron chi connectivity index (χ4n) is 3.04. The van der Waals surface area contributed by atoms with Crippen LogP contribution in [0.4, 0.5) is 4.39 Å². The van der Waals surface area contributed by atoms with Crippen LogP contribution in [0, 0.1) is 5.82 Å². The number of aromatic nitrogens is 1. The zero-order valence-corrected chi connectivity index (χ0v) is 15.0. The molecule has 0 bridgehead atoms. The monoisotopic (exact) mass is 385 g/mol. The first-order valence-corrected chi connectivity index (χ1v) is 8.78. The normalized spacial score (nSPS) is 16.1. The van der Waals surface area contributed by atoms with E-state index in [0.29, 0.717) is 5.56 Å². The summed E-state index contributed by atoms with van der Waals surface area (Å²) in [6, 6.07) is 8.13. The van der Waals surface area contributed by atoms with Crippen LogP contribution in [0.15, 0.2) is 48.8 Å². The van der Waals surface area contributed by atoms with E-state index in [-0.39, 0.29) is 37.6 Å². The number of hydrogen-bond acceptors (Lipinski definition) is 5. The van der Waals surface area contributed by atoms with E-state index in [1.165, 1.54) is 46.5 Å². The average Bonchev–Trinajstić information content (AvgIpc) is 3.17. The quantitative estimate of drug-likeness (QED) is 0.765. The summed E-state index contributed by atoms with van der Waals surface area (Å²) in [6.07, 6.45) is 1.84. The van der Waals surface area contributed by atoms with Gasteiger partial charge in [0, 0.05) is 49.7 Å². The maximum absolute atomic E-state index is 13.2. The van der Waals surface area contributed by atoms with Crippen LogP contribution in [-0.4, -0.2) is 64.9 Å². The van der Waals surface area contributed by atoms with Gasteiger partial charge in [0.15, 0.2) is 6.17 Å². The molecule has 0 spiro atoms. The van der Waals surface area contributed by atoms with Crippen LogP contribution in [0.5, 0.6) is 0 Å². The predicted molar refractivity (Wildman–Crippen MR) is 98.6 cm³/mol. The van der Waals surface area contributed by atoms with Crippen molar-refractivity contribution in [3.8, 4) is 0 Å². The van der Waals surface area contributed by atoms with E-state index in [2.05, 4.69) is 10.3 Å². The molecular formula is C19H20FN5O3. The van der Waals surface area contributed by atoms with Gasteiger partial charge >= 0.3 is 0 Å². The number of hydrogen-bond donors (Lipinski definition) is 2. The number of nitrogens with two attached hydrogens (primary N) is 1. The van der Waals surface area contributed by atoms with Gasteiger partial charge < -0.3 is 20.9 Å². The second kappa shape index (κ2) is 8.57. The van der Waals surface area contributed by atoms with E-state index in [1.54, 1.807) is 12.1 Å². The molecule has 1 atom stereocenters. The lowest BCUT2D eigenvalue weighted by molar-refractivity contribution is -0.128. The molecule has 0 saturated carbocycles. The first-order chi connectivity index (χ1) is 13.5. The smallest absolute Gasteiger partial charge is 0.263 e. The zero-order valence-electron chi connectivity index (χ0n) is 15.0. The van der Waals surface area contributed by atoms with Gasteiger partial charge in [0.25, 0.3) is 17.7 Å². The number of nitrogens with one attached hydrogen (secondary N) is 1. The number of halogens is 1. The molecule has 146 valence electrons. The van der Waals surface area contributed by atoms with Gasteiger partial charge in [-0.2, -0.15) is 0 Å². The molecule has 0 radical (unpaired) electrons. The molecule has 9 heteroatoms. The van der Waals surface area contributed by atoms with Crippen LogP contribution in [-0.2, 0) is 4.79 Å². The van der Waals surface area contributed by atoms with Crippen molar-refractivity contribution < 1.29 is 18.8 Å². The van der Waals surface area contributed by atoms with Gasteiger partial charge in [-0.25, -0.2) is 4.39 Å². The van der Waals surface area contributed by atoms with Crippen LogP contribution in [0.2, 0.25) is 0 Å². The Kier molecular flexibility index (Phi) is 5.95. The summed E-state index contributed by atoms with van der Waals surface area (Å²) in [5, 5.41) is 2.63. The van der Waals surface area contributed by atoms with E-state index in [1.807, 2.05) is 0 Å². The second-order valence-corrected chi connectivity index (χ2v) is 6.19. The Morgan fingerprint density at radius 1 is 1.00 bits per heavy atom. The largest absolute Gasteiger partial charge is 0.351 e. The minimum Gasteiger partial charge on any atom is -0.351 e. The van der Waals surface area contributed by atoms with Gasteiger partial charge in [-0.15, -0.1) is 0 Å². The minimum atomic E-state index is -1.12. The fraction of sp³-hybridized carbons (Fsp3) is 0.263. The number of carbonyl (C=O) groups is 3. The van der Waals surface area contributed by atoms with E-state index >= 15 is 0 Å². The van der Waals surface area contributed by atoms with Crippen LogP contribution in [0.3, 0.4) is 0 Å². The minimum absolute atomic E-state index is 0.174. The number of rotatable bonds is 5. The van der Waals surface area contributed by atoms with E-state index < -0.39 is 23.8 Å². The van der Waals surface area contributed by atoms with Crippen LogP contribution in [0.1, 0.15) is 20.7 Å². The molecule has 1 fully saturated rings. The maximum atomic E-state index is 13.2. The Morgan fingerprint density at radius 2 is 1.54 bits per heavy atom. The Balaban J connectivity index is 1.89. The standard InChI is InChI=1S/C19H20FN5O3/c20-15-3-1-13(2-4-15)18(27)24-11-12-25(17(24)16(26)23-10-7-21)19(28)14-5-8-22-9-6-14/h1-6,8-9,17H,7,10-12,21H2,(H,23,26). The fourth-order valence-corrected chi connectivity index (χ4v) is 3.04. The summed E-state index contributed by atoms with van der Waals surface area (Å²) in [5.41, 5.74) is 6.04. The number of amides is 3. The highest BCUT2D eigenvalue weighted by Gasteiger charge is 2.43. The van der Waals surface area contributed by atoms with E-state index in [0.717, 1.165) is 0 Å². The Bertz CT molecular complexity index is 860. The molecule has 1 aromatic heterocycles. The summed E-state index contributed by atoms with van der Waals surface area (Å²) in [6.45, 7) is 0.802. The molecule has 1 unspecified atom stereocenters. The summed E-state index contributed by atoms with van der Waals surface area (Å²) in [4.78, 5) is 45.0.